The first-order valence-corrected chi connectivity index (χ1v) is 5.72. The first-order chi connectivity index (χ1) is 7.18. The highest BCUT2D eigenvalue weighted by Gasteiger charge is 2.19. The largest absolute Gasteiger partial charge is 0.378 e. The van der Waals surface area contributed by atoms with Crippen molar-refractivity contribution in [3.05, 3.63) is 24.3 Å². The molecule has 0 bridgehead atoms. The number of benzene rings is 1. The predicted octanol–water partition coefficient (Wildman–Crippen LogP) is 2.74. The summed E-state index contributed by atoms with van der Waals surface area (Å²) in [6.07, 6.45) is 2.66. The van der Waals surface area contributed by atoms with Gasteiger partial charge in [-0.25, -0.2) is 0 Å². The Labute approximate surface area is 92.5 Å². The number of hydrogen-bond donors (Lipinski definition) is 0. The maximum atomic E-state index is 2.50. The second kappa shape index (κ2) is 4.13. The first-order valence-electron chi connectivity index (χ1n) is 5.72. The fraction of sp³-hybridized carbons (Fsp3) is 0.538. The SMILES string of the molecule is CC1CCCN1c1ccc(N(C)C)cc1. The predicted molar refractivity (Wildman–Crippen MR) is 66.8 cm³/mol. The molecule has 0 radical (unpaired) electrons. The van der Waals surface area contributed by atoms with Gasteiger partial charge in [0.1, 0.15) is 0 Å². The molecule has 0 spiro atoms. The molecular formula is C13H20N2. The maximum absolute atomic E-state index is 2.50. The van der Waals surface area contributed by atoms with Crippen LogP contribution in [0.25, 0.3) is 0 Å². The van der Waals surface area contributed by atoms with Crippen LogP contribution < -0.4 is 9.80 Å². The van der Waals surface area contributed by atoms with Gasteiger partial charge in [0.15, 0.2) is 0 Å². The summed E-state index contributed by atoms with van der Waals surface area (Å²) in [6, 6.07) is 9.56. The molecule has 1 saturated heterocycles. The molecule has 2 nitrogen and oxygen atoms in total. The summed E-state index contributed by atoms with van der Waals surface area (Å²) < 4.78 is 0. The molecule has 1 heterocycles. The molecule has 2 heteroatoms. The summed E-state index contributed by atoms with van der Waals surface area (Å²) >= 11 is 0. The van der Waals surface area contributed by atoms with Crippen molar-refractivity contribution in [1.82, 2.24) is 0 Å². The van der Waals surface area contributed by atoms with E-state index >= 15 is 0 Å². The van der Waals surface area contributed by atoms with E-state index < -0.39 is 0 Å². The molecule has 0 aromatic heterocycles. The monoisotopic (exact) mass is 204 g/mol. The Hall–Kier alpha value is -1.18. The second-order valence-corrected chi connectivity index (χ2v) is 4.60. The van der Waals surface area contributed by atoms with Crippen LogP contribution >= 0.6 is 0 Å². The van der Waals surface area contributed by atoms with Crippen LogP contribution in [0.15, 0.2) is 24.3 Å². The van der Waals surface area contributed by atoms with Crippen molar-refractivity contribution in [3.63, 3.8) is 0 Å². The van der Waals surface area contributed by atoms with Crippen molar-refractivity contribution in [1.29, 1.82) is 0 Å². The van der Waals surface area contributed by atoms with Gasteiger partial charge < -0.3 is 9.80 Å². The third kappa shape index (κ3) is 2.09. The molecule has 1 aliphatic rings. The molecule has 0 N–H and O–H groups in total. The van der Waals surface area contributed by atoms with E-state index in [1.165, 1.54) is 30.8 Å². The molecule has 1 atom stereocenters. The van der Waals surface area contributed by atoms with Crippen molar-refractivity contribution in [2.45, 2.75) is 25.8 Å². The minimum Gasteiger partial charge on any atom is -0.378 e. The molecular weight excluding hydrogens is 184 g/mol. The van der Waals surface area contributed by atoms with Crippen LogP contribution in [0.2, 0.25) is 0 Å². The van der Waals surface area contributed by atoms with E-state index in [0.29, 0.717) is 6.04 Å². The summed E-state index contributed by atoms with van der Waals surface area (Å²) in [6.45, 7) is 3.52. The van der Waals surface area contributed by atoms with Gasteiger partial charge >= 0.3 is 0 Å². The van der Waals surface area contributed by atoms with E-state index in [2.05, 4.69) is 55.1 Å². The highest BCUT2D eigenvalue weighted by atomic mass is 15.2. The molecule has 15 heavy (non-hydrogen) atoms. The van der Waals surface area contributed by atoms with Crippen molar-refractivity contribution in [2.24, 2.45) is 0 Å². The Morgan fingerprint density at radius 3 is 2.33 bits per heavy atom. The van der Waals surface area contributed by atoms with Crippen LogP contribution in [0.4, 0.5) is 11.4 Å². The zero-order chi connectivity index (χ0) is 10.8. The third-order valence-electron chi connectivity index (χ3n) is 3.25. The Morgan fingerprint density at radius 2 is 1.87 bits per heavy atom. The lowest BCUT2D eigenvalue weighted by Gasteiger charge is -2.24. The summed E-state index contributed by atoms with van der Waals surface area (Å²) in [4.78, 5) is 4.64. The summed E-state index contributed by atoms with van der Waals surface area (Å²) in [5.74, 6) is 0. The Kier molecular flexibility index (Phi) is 2.85. The first kappa shape index (κ1) is 10.3. The van der Waals surface area contributed by atoms with E-state index in [-0.39, 0.29) is 0 Å². The van der Waals surface area contributed by atoms with Gasteiger partial charge in [-0.15, -0.1) is 0 Å². The number of anilines is 2. The third-order valence-corrected chi connectivity index (χ3v) is 3.25. The van der Waals surface area contributed by atoms with Crippen LogP contribution in [-0.2, 0) is 0 Å². The van der Waals surface area contributed by atoms with Gasteiger partial charge in [-0.2, -0.15) is 0 Å². The standard InChI is InChI=1S/C13H20N2/c1-11-5-4-10-15(11)13-8-6-12(7-9-13)14(2)3/h6-9,11H,4-5,10H2,1-3H3. The average Bonchev–Trinajstić information content (AvgIpc) is 2.65. The fourth-order valence-corrected chi connectivity index (χ4v) is 2.26. The smallest absolute Gasteiger partial charge is 0.0370 e. The molecule has 1 aromatic rings. The maximum Gasteiger partial charge on any atom is 0.0370 e. The Bertz CT molecular complexity index is 316. The zero-order valence-electron chi connectivity index (χ0n) is 9.90. The van der Waals surface area contributed by atoms with E-state index in [1.807, 2.05) is 0 Å². The van der Waals surface area contributed by atoms with Gasteiger partial charge in [0.05, 0.1) is 0 Å². The second-order valence-electron chi connectivity index (χ2n) is 4.60. The molecule has 1 unspecified atom stereocenters. The zero-order valence-corrected chi connectivity index (χ0v) is 9.90. The highest BCUT2D eigenvalue weighted by molar-refractivity contribution is 5.56. The summed E-state index contributed by atoms with van der Waals surface area (Å²) in [5, 5.41) is 0. The lowest BCUT2D eigenvalue weighted by atomic mass is 10.2. The van der Waals surface area contributed by atoms with E-state index in [0.717, 1.165) is 0 Å². The van der Waals surface area contributed by atoms with Gasteiger partial charge in [0, 0.05) is 38.1 Å². The average molecular weight is 204 g/mol. The van der Waals surface area contributed by atoms with Crippen molar-refractivity contribution in [2.75, 3.05) is 30.4 Å². The normalized spacial score (nSPS) is 20.7. The molecule has 0 aliphatic carbocycles. The van der Waals surface area contributed by atoms with Crippen LogP contribution in [0.3, 0.4) is 0 Å². The number of nitrogens with zero attached hydrogens (tertiary/aromatic N) is 2. The van der Waals surface area contributed by atoms with Gasteiger partial charge in [0.2, 0.25) is 0 Å². The molecule has 2 rings (SSSR count). The van der Waals surface area contributed by atoms with E-state index in [1.54, 1.807) is 0 Å². The van der Waals surface area contributed by atoms with Gasteiger partial charge in [-0.05, 0) is 44.0 Å². The van der Waals surface area contributed by atoms with Crippen LogP contribution in [-0.4, -0.2) is 26.7 Å². The highest BCUT2D eigenvalue weighted by Crippen LogP contribution is 2.26. The van der Waals surface area contributed by atoms with E-state index in [9.17, 15) is 0 Å². The lowest BCUT2D eigenvalue weighted by Crippen LogP contribution is -2.26. The molecule has 1 aromatic carbocycles. The van der Waals surface area contributed by atoms with Crippen LogP contribution in [0.5, 0.6) is 0 Å². The van der Waals surface area contributed by atoms with Crippen molar-refractivity contribution >= 4 is 11.4 Å². The lowest BCUT2D eigenvalue weighted by molar-refractivity contribution is 0.735. The quantitative estimate of drug-likeness (QED) is 0.731. The van der Waals surface area contributed by atoms with Crippen molar-refractivity contribution in [3.8, 4) is 0 Å². The number of rotatable bonds is 2. The van der Waals surface area contributed by atoms with Gasteiger partial charge in [-0.1, -0.05) is 0 Å². The van der Waals surface area contributed by atoms with E-state index in [4.69, 9.17) is 0 Å². The Balaban J connectivity index is 2.16. The Morgan fingerprint density at radius 1 is 1.20 bits per heavy atom. The van der Waals surface area contributed by atoms with Crippen molar-refractivity contribution < 1.29 is 0 Å². The molecule has 1 aliphatic heterocycles. The molecule has 0 amide bonds. The molecule has 0 saturated carbocycles. The summed E-state index contributed by atoms with van der Waals surface area (Å²) in [5.41, 5.74) is 2.64. The van der Waals surface area contributed by atoms with Gasteiger partial charge in [0.25, 0.3) is 0 Å². The fourth-order valence-electron chi connectivity index (χ4n) is 2.26. The minimum atomic E-state index is 0.704. The topological polar surface area (TPSA) is 6.48 Å². The van der Waals surface area contributed by atoms with Crippen LogP contribution in [0, 0.1) is 0 Å². The molecule has 1 fully saturated rings. The summed E-state index contributed by atoms with van der Waals surface area (Å²) in [7, 11) is 4.15. The van der Waals surface area contributed by atoms with Gasteiger partial charge in [-0.3, -0.25) is 0 Å². The van der Waals surface area contributed by atoms with Crippen LogP contribution in [0.1, 0.15) is 19.8 Å². The number of hydrogen-bond acceptors (Lipinski definition) is 2. The minimum absolute atomic E-state index is 0.704. The molecule has 82 valence electrons.